The molecule has 0 aromatic carbocycles. The summed E-state index contributed by atoms with van der Waals surface area (Å²) in [4.78, 5) is 7.52. The number of nitrogens with one attached hydrogen (secondary N) is 2. The first-order valence-electron chi connectivity index (χ1n) is 6.81. The van der Waals surface area contributed by atoms with E-state index in [-0.39, 0.29) is 0 Å². The normalized spacial score (nSPS) is 13.3. The second-order valence-corrected chi connectivity index (χ2v) is 5.47. The molecule has 0 amide bonds. The molecule has 2 rings (SSSR count). The van der Waals surface area contributed by atoms with Crippen LogP contribution in [-0.4, -0.2) is 16.0 Å². The van der Waals surface area contributed by atoms with Crippen LogP contribution < -0.4 is 5.32 Å². The lowest BCUT2D eigenvalue weighted by Crippen LogP contribution is -2.25. The van der Waals surface area contributed by atoms with Gasteiger partial charge in [0, 0.05) is 30.4 Å². The fourth-order valence-electron chi connectivity index (χ4n) is 2.13. The Morgan fingerprint density at radius 1 is 1.28 bits per heavy atom. The molecule has 2 heterocycles. The van der Waals surface area contributed by atoms with Crippen molar-refractivity contribution in [1.29, 1.82) is 0 Å². The molecule has 2 N–H and O–H groups in total. The largest absolute Gasteiger partial charge is 0.346 e. The Kier molecular flexibility index (Phi) is 4.37. The van der Waals surface area contributed by atoms with Crippen molar-refractivity contribution in [3.8, 4) is 0 Å². The van der Waals surface area contributed by atoms with Crippen LogP contribution in [0.25, 0.3) is 11.0 Å². The molecule has 0 radical (unpaired) electrons. The highest BCUT2D eigenvalue weighted by Gasteiger charge is 2.06. The fourth-order valence-corrected chi connectivity index (χ4v) is 2.13. The van der Waals surface area contributed by atoms with Gasteiger partial charge in [-0.1, -0.05) is 13.8 Å². The van der Waals surface area contributed by atoms with E-state index in [0.29, 0.717) is 6.04 Å². The quantitative estimate of drug-likeness (QED) is 0.818. The van der Waals surface area contributed by atoms with Crippen LogP contribution in [0.2, 0.25) is 0 Å². The first-order chi connectivity index (χ1) is 8.66. The third-order valence-corrected chi connectivity index (χ3v) is 3.35. The van der Waals surface area contributed by atoms with Gasteiger partial charge < -0.3 is 10.3 Å². The molecule has 0 saturated heterocycles. The maximum Gasteiger partial charge on any atom is 0.137 e. The number of nitrogens with zero attached hydrogens (tertiary/aromatic N) is 1. The van der Waals surface area contributed by atoms with Crippen molar-refractivity contribution in [2.75, 3.05) is 0 Å². The van der Waals surface area contributed by atoms with E-state index in [9.17, 15) is 0 Å². The van der Waals surface area contributed by atoms with Crippen LogP contribution >= 0.6 is 0 Å². The monoisotopic (exact) mass is 245 g/mol. The van der Waals surface area contributed by atoms with E-state index >= 15 is 0 Å². The van der Waals surface area contributed by atoms with E-state index in [2.05, 4.69) is 48.3 Å². The summed E-state index contributed by atoms with van der Waals surface area (Å²) in [6.07, 6.45) is 6.39. The molecule has 2 aromatic rings. The Morgan fingerprint density at radius 3 is 2.89 bits per heavy atom. The number of aromatic amines is 1. The number of rotatable bonds is 6. The zero-order chi connectivity index (χ0) is 13.0. The second-order valence-electron chi connectivity index (χ2n) is 5.47. The third kappa shape index (κ3) is 3.33. The summed E-state index contributed by atoms with van der Waals surface area (Å²) in [5.74, 6) is 0.784. The SMILES string of the molecule is CC(C)CCC(C)NCc1c[nH]c2ncccc12. The summed E-state index contributed by atoms with van der Waals surface area (Å²) in [6, 6.07) is 4.67. The molecule has 1 unspecified atom stereocenters. The number of aromatic nitrogens is 2. The minimum atomic E-state index is 0.564. The Balaban J connectivity index is 1.90. The van der Waals surface area contributed by atoms with Gasteiger partial charge in [-0.25, -0.2) is 4.98 Å². The summed E-state index contributed by atoms with van der Waals surface area (Å²) in [5.41, 5.74) is 2.28. The Morgan fingerprint density at radius 2 is 2.11 bits per heavy atom. The van der Waals surface area contributed by atoms with Gasteiger partial charge in [-0.2, -0.15) is 0 Å². The number of pyridine rings is 1. The highest BCUT2D eigenvalue weighted by molar-refractivity contribution is 5.79. The lowest BCUT2D eigenvalue weighted by Gasteiger charge is -2.14. The maximum atomic E-state index is 4.31. The van der Waals surface area contributed by atoms with Gasteiger partial charge in [0.15, 0.2) is 0 Å². The number of H-pyrrole nitrogens is 1. The molecule has 18 heavy (non-hydrogen) atoms. The highest BCUT2D eigenvalue weighted by Crippen LogP contribution is 2.15. The molecule has 0 bridgehead atoms. The van der Waals surface area contributed by atoms with Crippen molar-refractivity contribution in [1.82, 2.24) is 15.3 Å². The van der Waals surface area contributed by atoms with Gasteiger partial charge in [0.05, 0.1) is 0 Å². The van der Waals surface area contributed by atoms with Crippen molar-refractivity contribution in [3.63, 3.8) is 0 Å². The van der Waals surface area contributed by atoms with Crippen LogP contribution in [0.5, 0.6) is 0 Å². The summed E-state index contributed by atoms with van der Waals surface area (Å²) >= 11 is 0. The van der Waals surface area contributed by atoms with E-state index in [1.54, 1.807) is 0 Å². The van der Waals surface area contributed by atoms with E-state index in [4.69, 9.17) is 0 Å². The van der Waals surface area contributed by atoms with E-state index in [1.807, 2.05) is 12.3 Å². The summed E-state index contributed by atoms with van der Waals surface area (Å²) < 4.78 is 0. The molecule has 0 fully saturated rings. The first-order valence-corrected chi connectivity index (χ1v) is 6.81. The molecule has 0 saturated carbocycles. The molecule has 0 aliphatic rings. The van der Waals surface area contributed by atoms with Crippen LogP contribution in [0.1, 0.15) is 39.2 Å². The van der Waals surface area contributed by atoms with Crippen molar-refractivity contribution < 1.29 is 0 Å². The number of hydrogen-bond acceptors (Lipinski definition) is 2. The smallest absolute Gasteiger partial charge is 0.137 e. The zero-order valence-corrected chi connectivity index (χ0v) is 11.5. The highest BCUT2D eigenvalue weighted by atomic mass is 14.9. The average Bonchev–Trinajstić information content (AvgIpc) is 2.77. The van der Waals surface area contributed by atoms with Crippen LogP contribution in [0.4, 0.5) is 0 Å². The van der Waals surface area contributed by atoms with Gasteiger partial charge in [-0.3, -0.25) is 0 Å². The van der Waals surface area contributed by atoms with Gasteiger partial charge in [0.25, 0.3) is 0 Å². The Hall–Kier alpha value is -1.35. The topological polar surface area (TPSA) is 40.7 Å². The lowest BCUT2D eigenvalue weighted by molar-refractivity contribution is 0.451. The van der Waals surface area contributed by atoms with Crippen LogP contribution in [0.3, 0.4) is 0 Å². The standard InChI is InChI=1S/C15H23N3/c1-11(2)6-7-12(3)17-9-13-10-18-15-14(13)5-4-8-16-15/h4-5,8,10-12,17H,6-7,9H2,1-3H3,(H,16,18). The van der Waals surface area contributed by atoms with Gasteiger partial charge >= 0.3 is 0 Å². The Bertz CT molecular complexity index is 487. The summed E-state index contributed by atoms with van der Waals surface area (Å²) in [7, 11) is 0. The van der Waals surface area contributed by atoms with Crippen molar-refractivity contribution >= 4 is 11.0 Å². The van der Waals surface area contributed by atoms with Crippen molar-refractivity contribution in [2.24, 2.45) is 5.92 Å². The molecule has 0 aliphatic carbocycles. The van der Waals surface area contributed by atoms with Crippen molar-refractivity contribution in [3.05, 3.63) is 30.1 Å². The molecule has 0 spiro atoms. The van der Waals surface area contributed by atoms with Crippen LogP contribution in [0, 0.1) is 5.92 Å². The Labute approximate surface area is 109 Å². The fraction of sp³-hybridized carbons (Fsp3) is 0.533. The predicted molar refractivity (Wildman–Crippen MR) is 76.5 cm³/mol. The van der Waals surface area contributed by atoms with E-state index in [0.717, 1.165) is 18.1 Å². The molecular formula is C15H23N3. The molecular weight excluding hydrogens is 222 g/mol. The lowest BCUT2D eigenvalue weighted by atomic mass is 10.0. The van der Waals surface area contributed by atoms with E-state index < -0.39 is 0 Å². The third-order valence-electron chi connectivity index (χ3n) is 3.35. The molecule has 0 aliphatic heterocycles. The summed E-state index contributed by atoms with van der Waals surface area (Å²) in [6.45, 7) is 7.72. The van der Waals surface area contributed by atoms with Gasteiger partial charge in [-0.05, 0) is 43.4 Å². The number of fused-ring (bicyclic) bond motifs is 1. The van der Waals surface area contributed by atoms with Crippen molar-refractivity contribution in [2.45, 2.75) is 46.2 Å². The first kappa shape index (κ1) is 13.1. The molecule has 2 aromatic heterocycles. The zero-order valence-electron chi connectivity index (χ0n) is 11.5. The summed E-state index contributed by atoms with van der Waals surface area (Å²) in [5, 5.41) is 4.81. The molecule has 1 atom stereocenters. The molecule has 3 nitrogen and oxygen atoms in total. The predicted octanol–water partition coefficient (Wildman–Crippen LogP) is 3.48. The van der Waals surface area contributed by atoms with Crippen LogP contribution in [0.15, 0.2) is 24.5 Å². The maximum absolute atomic E-state index is 4.31. The molecule has 98 valence electrons. The van der Waals surface area contributed by atoms with Gasteiger partial charge in [0.1, 0.15) is 5.65 Å². The average molecular weight is 245 g/mol. The van der Waals surface area contributed by atoms with Gasteiger partial charge in [-0.15, -0.1) is 0 Å². The number of hydrogen-bond donors (Lipinski definition) is 2. The van der Waals surface area contributed by atoms with Gasteiger partial charge in [0.2, 0.25) is 0 Å². The van der Waals surface area contributed by atoms with Crippen LogP contribution in [-0.2, 0) is 6.54 Å². The second kappa shape index (κ2) is 6.01. The minimum Gasteiger partial charge on any atom is -0.346 e. The van der Waals surface area contributed by atoms with E-state index in [1.165, 1.54) is 23.8 Å². The molecule has 3 heteroatoms. The minimum absolute atomic E-state index is 0.564.